The van der Waals surface area contributed by atoms with E-state index in [1.54, 1.807) is 17.1 Å². The minimum atomic E-state index is -3.06. The summed E-state index contributed by atoms with van der Waals surface area (Å²) in [7, 11) is -3.06. The molecule has 4 nitrogen and oxygen atoms in total. The molecule has 0 spiro atoms. The van der Waals surface area contributed by atoms with Crippen molar-refractivity contribution in [2.45, 2.75) is 32.4 Å². The van der Waals surface area contributed by atoms with Crippen molar-refractivity contribution in [1.82, 2.24) is 4.90 Å². The van der Waals surface area contributed by atoms with Crippen LogP contribution in [-0.4, -0.2) is 36.8 Å². The molecule has 2 aromatic rings. The Hall–Kier alpha value is -2.40. The average Bonchev–Trinajstić information content (AvgIpc) is 3.05. The molecule has 27 heavy (non-hydrogen) atoms. The highest BCUT2D eigenvalue weighted by atomic mass is 32.2. The van der Waals surface area contributed by atoms with Gasteiger partial charge in [-0.25, -0.2) is 8.42 Å². The molecule has 0 aliphatic carbocycles. The molecule has 0 saturated carbocycles. The van der Waals surface area contributed by atoms with Crippen LogP contribution in [0.25, 0.3) is 6.08 Å². The van der Waals surface area contributed by atoms with Gasteiger partial charge in [-0.1, -0.05) is 61.5 Å². The van der Waals surface area contributed by atoms with Gasteiger partial charge in [0.25, 0.3) is 0 Å². The van der Waals surface area contributed by atoms with E-state index in [0.29, 0.717) is 13.0 Å². The number of aryl methyl sites for hydroxylation is 1. The van der Waals surface area contributed by atoms with Crippen LogP contribution in [0.1, 0.15) is 30.0 Å². The van der Waals surface area contributed by atoms with Crippen molar-refractivity contribution < 1.29 is 13.2 Å². The highest BCUT2D eigenvalue weighted by molar-refractivity contribution is 7.91. The first-order valence-corrected chi connectivity index (χ1v) is 11.1. The lowest BCUT2D eigenvalue weighted by Gasteiger charge is -2.27. The van der Waals surface area contributed by atoms with Crippen molar-refractivity contribution in [3.8, 4) is 0 Å². The Kier molecular flexibility index (Phi) is 6.11. The summed E-state index contributed by atoms with van der Waals surface area (Å²) in [6.07, 6.45) is 4.78. The van der Waals surface area contributed by atoms with Crippen LogP contribution < -0.4 is 0 Å². The Balaban J connectivity index is 1.80. The lowest BCUT2D eigenvalue weighted by atomic mass is 10.1. The summed E-state index contributed by atoms with van der Waals surface area (Å²) in [6, 6.07) is 17.5. The van der Waals surface area contributed by atoms with Gasteiger partial charge in [0.15, 0.2) is 9.84 Å². The Bertz CT molecular complexity index is 902. The highest BCUT2D eigenvalue weighted by Gasteiger charge is 2.34. The molecule has 142 valence electrons. The smallest absolute Gasteiger partial charge is 0.247 e. The van der Waals surface area contributed by atoms with Gasteiger partial charge in [-0.3, -0.25) is 4.79 Å². The third kappa shape index (κ3) is 5.30. The fraction of sp³-hybridized carbons (Fsp3) is 0.318. The third-order valence-electron chi connectivity index (χ3n) is 4.93. The molecule has 0 aromatic heterocycles. The molecule has 2 aromatic carbocycles. The number of benzene rings is 2. The third-order valence-corrected chi connectivity index (χ3v) is 6.68. The monoisotopic (exact) mass is 383 g/mol. The second-order valence-corrected chi connectivity index (χ2v) is 9.17. The number of rotatable bonds is 6. The van der Waals surface area contributed by atoms with Gasteiger partial charge in [0.1, 0.15) is 0 Å². The zero-order valence-electron chi connectivity index (χ0n) is 15.5. The second kappa shape index (κ2) is 8.53. The maximum Gasteiger partial charge on any atom is 0.247 e. The molecule has 1 atom stereocenters. The highest BCUT2D eigenvalue weighted by Crippen LogP contribution is 2.21. The molecule has 3 rings (SSSR count). The molecule has 5 heteroatoms. The molecule has 1 amide bonds. The molecule has 0 N–H and O–H groups in total. The van der Waals surface area contributed by atoms with Crippen molar-refractivity contribution in [2.75, 3.05) is 11.5 Å². The fourth-order valence-corrected chi connectivity index (χ4v) is 5.04. The van der Waals surface area contributed by atoms with Gasteiger partial charge in [0.05, 0.1) is 11.5 Å². The molecular formula is C22H25NO3S. The number of carbonyl (C=O) groups is 1. The largest absolute Gasteiger partial charge is 0.331 e. The molecule has 1 saturated heterocycles. The van der Waals surface area contributed by atoms with Crippen LogP contribution in [0.2, 0.25) is 0 Å². The number of hydrogen-bond donors (Lipinski definition) is 0. The quantitative estimate of drug-likeness (QED) is 0.718. The predicted molar refractivity (Wildman–Crippen MR) is 109 cm³/mol. The van der Waals surface area contributed by atoms with Gasteiger partial charge in [-0.05, 0) is 35.6 Å². The van der Waals surface area contributed by atoms with Gasteiger partial charge < -0.3 is 4.90 Å². The van der Waals surface area contributed by atoms with Gasteiger partial charge in [0, 0.05) is 18.7 Å². The van der Waals surface area contributed by atoms with E-state index in [9.17, 15) is 13.2 Å². The van der Waals surface area contributed by atoms with Crippen LogP contribution in [0, 0.1) is 0 Å². The lowest BCUT2D eigenvalue weighted by molar-refractivity contribution is -0.128. The van der Waals surface area contributed by atoms with E-state index in [2.05, 4.69) is 19.1 Å². The molecule has 0 bridgehead atoms. The standard InChI is InChI=1S/C22H25NO3S/c1-2-18-8-10-20(11-9-18)16-23(21-14-15-27(25,26)17-21)22(24)13-12-19-6-4-3-5-7-19/h3-13,21H,2,14-17H2,1H3/b13-12-/t21-/m1/s1. The molecule has 1 aliphatic rings. The van der Waals surface area contributed by atoms with Crippen molar-refractivity contribution in [3.63, 3.8) is 0 Å². The van der Waals surface area contributed by atoms with E-state index in [0.717, 1.165) is 17.5 Å². The maximum atomic E-state index is 12.9. The van der Waals surface area contributed by atoms with E-state index in [1.807, 2.05) is 42.5 Å². The molecule has 1 aliphatic heterocycles. The normalized spacial score (nSPS) is 18.6. The van der Waals surface area contributed by atoms with E-state index < -0.39 is 9.84 Å². The van der Waals surface area contributed by atoms with E-state index >= 15 is 0 Å². The van der Waals surface area contributed by atoms with E-state index in [-0.39, 0.29) is 23.5 Å². The molecular weight excluding hydrogens is 358 g/mol. The van der Waals surface area contributed by atoms with Crippen LogP contribution in [0.5, 0.6) is 0 Å². The number of nitrogens with zero attached hydrogens (tertiary/aromatic N) is 1. The summed E-state index contributed by atoms with van der Waals surface area (Å²) in [4.78, 5) is 14.6. The minimum Gasteiger partial charge on any atom is -0.331 e. The maximum absolute atomic E-state index is 12.9. The molecule has 1 heterocycles. The van der Waals surface area contributed by atoms with Crippen LogP contribution in [-0.2, 0) is 27.6 Å². The van der Waals surface area contributed by atoms with Crippen molar-refractivity contribution in [1.29, 1.82) is 0 Å². The van der Waals surface area contributed by atoms with Crippen LogP contribution in [0.3, 0.4) is 0 Å². The van der Waals surface area contributed by atoms with Crippen molar-refractivity contribution >= 4 is 21.8 Å². The molecule has 1 fully saturated rings. The Morgan fingerprint density at radius 3 is 2.33 bits per heavy atom. The van der Waals surface area contributed by atoms with Crippen molar-refractivity contribution in [2.24, 2.45) is 0 Å². The molecule has 0 unspecified atom stereocenters. The van der Waals surface area contributed by atoms with Crippen molar-refractivity contribution in [3.05, 3.63) is 77.4 Å². The van der Waals surface area contributed by atoms with Crippen LogP contribution in [0.15, 0.2) is 60.7 Å². The summed E-state index contributed by atoms with van der Waals surface area (Å²) in [5.41, 5.74) is 3.19. The van der Waals surface area contributed by atoms with E-state index in [1.165, 1.54) is 5.56 Å². The minimum absolute atomic E-state index is 0.0466. The van der Waals surface area contributed by atoms with Crippen LogP contribution in [0.4, 0.5) is 0 Å². The zero-order chi connectivity index (χ0) is 19.3. The first kappa shape index (κ1) is 19.4. The first-order valence-electron chi connectivity index (χ1n) is 9.29. The number of sulfone groups is 1. The summed E-state index contributed by atoms with van der Waals surface area (Å²) in [5, 5.41) is 0. The average molecular weight is 384 g/mol. The van der Waals surface area contributed by atoms with Gasteiger partial charge in [-0.2, -0.15) is 0 Å². The number of carbonyl (C=O) groups excluding carboxylic acids is 1. The lowest BCUT2D eigenvalue weighted by Crippen LogP contribution is -2.39. The second-order valence-electron chi connectivity index (χ2n) is 6.94. The van der Waals surface area contributed by atoms with Gasteiger partial charge >= 0.3 is 0 Å². The van der Waals surface area contributed by atoms with Gasteiger partial charge in [-0.15, -0.1) is 0 Å². The van der Waals surface area contributed by atoms with E-state index in [4.69, 9.17) is 0 Å². The first-order chi connectivity index (χ1) is 13.0. The topological polar surface area (TPSA) is 54.5 Å². The van der Waals surface area contributed by atoms with Crippen LogP contribution >= 0.6 is 0 Å². The molecule has 0 radical (unpaired) electrons. The Morgan fingerprint density at radius 2 is 1.74 bits per heavy atom. The number of amides is 1. The summed E-state index contributed by atoms with van der Waals surface area (Å²) in [6.45, 7) is 2.52. The van der Waals surface area contributed by atoms with Gasteiger partial charge in [0.2, 0.25) is 5.91 Å². The summed E-state index contributed by atoms with van der Waals surface area (Å²) >= 11 is 0. The zero-order valence-corrected chi connectivity index (χ0v) is 16.4. The fourth-order valence-electron chi connectivity index (χ4n) is 3.31. The summed E-state index contributed by atoms with van der Waals surface area (Å²) in [5.74, 6) is 0.0457. The number of hydrogen-bond acceptors (Lipinski definition) is 3. The Labute approximate surface area is 161 Å². The predicted octanol–water partition coefficient (Wildman–Crippen LogP) is 3.48. The Morgan fingerprint density at radius 1 is 1.07 bits per heavy atom. The summed E-state index contributed by atoms with van der Waals surface area (Å²) < 4.78 is 23.9. The SMILES string of the molecule is CCc1ccc(CN(C(=O)/C=C\c2ccccc2)[C@@H]2CCS(=O)(=O)C2)cc1.